The van der Waals surface area contributed by atoms with E-state index in [1.165, 1.54) is 0 Å². The van der Waals surface area contributed by atoms with Crippen molar-refractivity contribution in [1.82, 2.24) is 0 Å². The standard InChI is InChI=1S/C12H15N3S/c1-8(2)12-15-14-11(7-16-12)9-5-3-4-6-10(9)13/h3-6,8H,7,13H2,1-2H3. The Morgan fingerprint density at radius 3 is 2.56 bits per heavy atom. The second-order valence-corrected chi connectivity index (χ2v) is 5.01. The second-order valence-electron chi connectivity index (χ2n) is 4.02. The largest absolute Gasteiger partial charge is 0.398 e. The van der Waals surface area contributed by atoms with Gasteiger partial charge >= 0.3 is 0 Å². The summed E-state index contributed by atoms with van der Waals surface area (Å²) in [5.74, 6) is 1.30. The van der Waals surface area contributed by atoms with E-state index in [1.54, 1.807) is 11.8 Å². The SMILES string of the molecule is CC(C)C1=NN=C(c2ccccc2N)CS1. The van der Waals surface area contributed by atoms with Crippen LogP contribution in [0.1, 0.15) is 19.4 Å². The molecule has 0 radical (unpaired) electrons. The number of para-hydroxylation sites is 1. The number of nitrogens with zero attached hydrogens (tertiary/aromatic N) is 2. The van der Waals surface area contributed by atoms with Crippen LogP contribution in [0.15, 0.2) is 34.5 Å². The highest BCUT2D eigenvalue weighted by Gasteiger charge is 2.15. The van der Waals surface area contributed by atoms with Gasteiger partial charge in [0.05, 0.1) is 10.8 Å². The minimum atomic E-state index is 0.448. The normalized spacial score (nSPS) is 15.9. The lowest BCUT2D eigenvalue weighted by molar-refractivity contribution is 0.891. The summed E-state index contributed by atoms with van der Waals surface area (Å²) < 4.78 is 0. The van der Waals surface area contributed by atoms with Gasteiger partial charge in [-0.25, -0.2) is 0 Å². The smallest absolute Gasteiger partial charge is 0.0988 e. The fraction of sp³-hybridized carbons (Fsp3) is 0.333. The van der Waals surface area contributed by atoms with E-state index in [-0.39, 0.29) is 0 Å². The third-order valence-corrected chi connectivity index (χ3v) is 3.66. The average Bonchev–Trinajstić information content (AvgIpc) is 2.30. The maximum atomic E-state index is 5.91. The van der Waals surface area contributed by atoms with Crippen molar-refractivity contribution < 1.29 is 0 Å². The second kappa shape index (κ2) is 4.70. The molecule has 0 fully saturated rings. The molecule has 3 nitrogen and oxygen atoms in total. The summed E-state index contributed by atoms with van der Waals surface area (Å²) in [6.07, 6.45) is 0. The van der Waals surface area contributed by atoms with Gasteiger partial charge in [0.1, 0.15) is 0 Å². The summed E-state index contributed by atoms with van der Waals surface area (Å²) in [5.41, 5.74) is 8.64. The van der Waals surface area contributed by atoms with E-state index in [0.29, 0.717) is 5.92 Å². The molecule has 2 N–H and O–H groups in total. The van der Waals surface area contributed by atoms with Gasteiger partial charge in [0.2, 0.25) is 0 Å². The molecule has 84 valence electrons. The zero-order chi connectivity index (χ0) is 11.5. The zero-order valence-electron chi connectivity index (χ0n) is 9.47. The summed E-state index contributed by atoms with van der Waals surface area (Å²) in [5, 5.41) is 9.60. The van der Waals surface area contributed by atoms with Gasteiger partial charge in [0, 0.05) is 22.9 Å². The molecule has 0 amide bonds. The zero-order valence-corrected chi connectivity index (χ0v) is 10.3. The molecule has 16 heavy (non-hydrogen) atoms. The third-order valence-electron chi connectivity index (χ3n) is 2.39. The Hall–Kier alpha value is -1.29. The molecule has 0 bridgehead atoms. The van der Waals surface area contributed by atoms with Crippen molar-refractivity contribution in [3.05, 3.63) is 29.8 Å². The number of anilines is 1. The fourth-order valence-electron chi connectivity index (χ4n) is 1.48. The van der Waals surface area contributed by atoms with Crippen molar-refractivity contribution in [2.45, 2.75) is 13.8 Å². The number of hydrogen-bond acceptors (Lipinski definition) is 4. The van der Waals surface area contributed by atoms with Crippen molar-refractivity contribution >= 4 is 28.2 Å². The molecular formula is C12H15N3S. The molecule has 1 aromatic carbocycles. The van der Waals surface area contributed by atoms with Crippen LogP contribution in [0.4, 0.5) is 5.69 Å². The van der Waals surface area contributed by atoms with E-state index >= 15 is 0 Å². The highest BCUT2D eigenvalue weighted by atomic mass is 32.2. The predicted octanol–water partition coefficient (Wildman–Crippen LogP) is 2.77. The number of thioether (sulfide) groups is 1. The van der Waals surface area contributed by atoms with Gasteiger partial charge in [-0.3, -0.25) is 0 Å². The van der Waals surface area contributed by atoms with Crippen LogP contribution in [0.3, 0.4) is 0 Å². The van der Waals surface area contributed by atoms with Crippen molar-refractivity contribution in [2.75, 3.05) is 11.5 Å². The molecule has 4 heteroatoms. The van der Waals surface area contributed by atoms with Gasteiger partial charge in [-0.15, -0.1) is 16.9 Å². The Balaban J connectivity index is 2.29. The number of benzene rings is 1. The molecule has 0 unspecified atom stereocenters. The highest BCUT2D eigenvalue weighted by molar-refractivity contribution is 8.14. The van der Waals surface area contributed by atoms with Crippen molar-refractivity contribution in [3.63, 3.8) is 0 Å². The molecular weight excluding hydrogens is 218 g/mol. The maximum Gasteiger partial charge on any atom is 0.0988 e. The monoisotopic (exact) mass is 233 g/mol. The first-order valence-electron chi connectivity index (χ1n) is 5.30. The number of nitrogens with two attached hydrogens (primary N) is 1. The van der Waals surface area contributed by atoms with Crippen LogP contribution < -0.4 is 5.73 Å². The van der Waals surface area contributed by atoms with Crippen LogP contribution in [-0.2, 0) is 0 Å². The van der Waals surface area contributed by atoms with Gasteiger partial charge in [-0.2, -0.15) is 5.10 Å². The molecule has 0 saturated heterocycles. The third kappa shape index (κ3) is 2.27. The summed E-state index contributed by atoms with van der Waals surface area (Å²) >= 11 is 1.75. The predicted molar refractivity (Wildman–Crippen MR) is 72.1 cm³/mol. The van der Waals surface area contributed by atoms with Crippen LogP contribution in [-0.4, -0.2) is 16.5 Å². The Morgan fingerprint density at radius 2 is 2.00 bits per heavy atom. The van der Waals surface area contributed by atoms with Gasteiger partial charge in [-0.1, -0.05) is 32.0 Å². The molecule has 0 saturated carbocycles. The maximum absolute atomic E-state index is 5.91. The summed E-state index contributed by atoms with van der Waals surface area (Å²) in [6, 6.07) is 7.79. The first-order chi connectivity index (χ1) is 7.68. The van der Waals surface area contributed by atoms with E-state index in [9.17, 15) is 0 Å². The number of nitrogen functional groups attached to an aromatic ring is 1. The van der Waals surface area contributed by atoms with E-state index in [2.05, 4.69) is 24.1 Å². The van der Waals surface area contributed by atoms with E-state index in [4.69, 9.17) is 5.73 Å². The molecule has 1 aliphatic rings. The van der Waals surface area contributed by atoms with Crippen LogP contribution in [0, 0.1) is 5.92 Å². The van der Waals surface area contributed by atoms with Gasteiger partial charge in [0.15, 0.2) is 0 Å². The highest BCUT2D eigenvalue weighted by Crippen LogP contribution is 2.22. The molecule has 2 rings (SSSR count). The topological polar surface area (TPSA) is 50.7 Å². The lowest BCUT2D eigenvalue weighted by atomic mass is 10.1. The molecule has 0 aromatic heterocycles. The van der Waals surface area contributed by atoms with Crippen molar-refractivity contribution in [1.29, 1.82) is 0 Å². The fourth-order valence-corrected chi connectivity index (χ4v) is 2.41. The first-order valence-corrected chi connectivity index (χ1v) is 6.29. The minimum absolute atomic E-state index is 0.448. The minimum Gasteiger partial charge on any atom is -0.398 e. The van der Waals surface area contributed by atoms with E-state index < -0.39 is 0 Å². The van der Waals surface area contributed by atoms with Crippen molar-refractivity contribution in [2.24, 2.45) is 16.1 Å². The molecule has 0 atom stereocenters. The van der Waals surface area contributed by atoms with Gasteiger partial charge in [-0.05, 0) is 6.07 Å². The Labute approximate surface area is 99.8 Å². The van der Waals surface area contributed by atoms with Crippen LogP contribution >= 0.6 is 11.8 Å². The lowest BCUT2D eigenvalue weighted by Crippen LogP contribution is -2.15. The van der Waals surface area contributed by atoms with Gasteiger partial charge in [0.25, 0.3) is 0 Å². The van der Waals surface area contributed by atoms with Crippen LogP contribution in [0.2, 0.25) is 0 Å². The Bertz CT molecular complexity index is 449. The number of hydrogen-bond donors (Lipinski definition) is 1. The first kappa shape index (κ1) is 11.2. The van der Waals surface area contributed by atoms with Crippen LogP contribution in [0.25, 0.3) is 0 Å². The van der Waals surface area contributed by atoms with E-state index in [0.717, 1.165) is 27.8 Å². The molecule has 1 aromatic rings. The molecule has 0 aliphatic carbocycles. The van der Waals surface area contributed by atoms with E-state index in [1.807, 2.05) is 24.3 Å². The Morgan fingerprint density at radius 1 is 1.25 bits per heavy atom. The van der Waals surface area contributed by atoms with Crippen LogP contribution in [0.5, 0.6) is 0 Å². The average molecular weight is 233 g/mol. The lowest BCUT2D eigenvalue weighted by Gasteiger charge is -2.15. The quantitative estimate of drug-likeness (QED) is 0.798. The summed E-state index contributed by atoms with van der Waals surface area (Å²) in [7, 11) is 0. The van der Waals surface area contributed by atoms with Gasteiger partial charge < -0.3 is 5.73 Å². The molecule has 1 aliphatic heterocycles. The Kier molecular flexibility index (Phi) is 3.29. The van der Waals surface area contributed by atoms with Crippen molar-refractivity contribution in [3.8, 4) is 0 Å². The molecule has 1 heterocycles. The summed E-state index contributed by atoms with van der Waals surface area (Å²) in [4.78, 5) is 0. The molecule has 0 spiro atoms. The summed E-state index contributed by atoms with van der Waals surface area (Å²) in [6.45, 7) is 4.26. The number of rotatable bonds is 2.